The van der Waals surface area contributed by atoms with Crippen LogP contribution in [0.5, 0.6) is 0 Å². The van der Waals surface area contributed by atoms with Crippen molar-refractivity contribution >= 4 is 11.9 Å². The molecule has 0 saturated carbocycles. The SMILES string of the molecule is CC(=O)ONN=C(N)N. The number of carbonyl (C=O) groups is 1. The normalized spacial score (nSPS) is 7.67. The molecule has 0 aromatic carbocycles. The molecule has 0 unspecified atom stereocenters. The number of guanidine groups is 1. The van der Waals surface area contributed by atoms with Gasteiger partial charge >= 0.3 is 5.97 Å². The first kappa shape index (κ1) is 7.54. The molecule has 5 N–H and O–H groups in total. The van der Waals surface area contributed by atoms with E-state index >= 15 is 0 Å². The highest BCUT2D eigenvalue weighted by Gasteiger charge is 1.86. The highest BCUT2D eigenvalue weighted by Crippen LogP contribution is 1.66. The summed E-state index contributed by atoms with van der Waals surface area (Å²) < 4.78 is 0. The molecule has 6 nitrogen and oxygen atoms in total. The van der Waals surface area contributed by atoms with Crippen LogP contribution in [0.4, 0.5) is 0 Å². The van der Waals surface area contributed by atoms with Gasteiger partial charge in [0.25, 0.3) is 0 Å². The molecule has 0 bridgehead atoms. The first-order chi connectivity index (χ1) is 4.13. The molecule has 0 aliphatic carbocycles. The van der Waals surface area contributed by atoms with Gasteiger partial charge in [-0.25, -0.2) is 4.79 Å². The molecule has 0 radical (unpaired) electrons. The van der Waals surface area contributed by atoms with Crippen molar-refractivity contribution in [1.82, 2.24) is 5.59 Å². The van der Waals surface area contributed by atoms with Gasteiger partial charge in [-0.3, -0.25) is 0 Å². The number of hydrogen-bond acceptors (Lipinski definition) is 4. The summed E-state index contributed by atoms with van der Waals surface area (Å²) in [6.07, 6.45) is 0. The van der Waals surface area contributed by atoms with E-state index < -0.39 is 5.97 Å². The number of nitrogens with two attached hydrogens (primary N) is 2. The summed E-state index contributed by atoms with van der Waals surface area (Å²) in [5.74, 6) is -0.712. The van der Waals surface area contributed by atoms with E-state index in [1.807, 2.05) is 5.59 Å². The number of nitrogens with one attached hydrogen (secondary N) is 1. The average Bonchev–Trinajstić information content (AvgIpc) is 1.63. The van der Waals surface area contributed by atoms with Crippen LogP contribution in [0.1, 0.15) is 6.92 Å². The first-order valence-electron chi connectivity index (χ1n) is 2.14. The molecule has 0 aromatic heterocycles. The van der Waals surface area contributed by atoms with E-state index in [0.29, 0.717) is 0 Å². The van der Waals surface area contributed by atoms with Gasteiger partial charge in [-0.05, 0) is 0 Å². The summed E-state index contributed by atoms with van der Waals surface area (Å²) >= 11 is 0. The molecule has 52 valence electrons. The third-order valence-corrected chi connectivity index (χ3v) is 0.364. The van der Waals surface area contributed by atoms with Crippen molar-refractivity contribution in [2.24, 2.45) is 16.6 Å². The molecule has 0 saturated heterocycles. The Hall–Kier alpha value is -1.46. The van der Waals surface area contributed by atoms with Crippen LogP contribution in [0, 0.1) is 0 Å². The molecule has 0 aromatic rings. The second-order valence-corrected chi connectivity index (χ2v) is 1.22. The molecule has 0 amide bonds. The number of carbonyl (C=O) groups excluding carboxylic acids is 1. The molecular formula is C3H8N4O2. The van der Waals surface area contributed by atoms with Crippen LogP contribution in [-0.2, 0) is 9.63 Å². The second-order valence-electron chi connectivity index (χ2n) is 1.22. The predicted octanol–water partition coefficient (Wildman–Crippen LogP) is -1.76. The topological polar surface area (TPSA) is 103 Å². The molecular weight excluding hydrogens is 124 g/mol. The van der Waals surface area contributed by atoms with Gasteiger partial charge < -0.3 is 16.3 Å². The quantitative estimate of drug-likeness (QED) is 0.235. The smallest absolute Gasteiger partial charge is 0.331 e. The number of hydrogen-bond donors (Lipinski definition) is 3. The maximum absolute atomic E-state index is 9.99. The number of hydrazone groups is 1. The summed E-state index contributed by atoms with van der Waals surface area (Å²) in [5, 5.41) is 3.14. The maximum atomic E-state index is 9.99. The Labute approximate surface area is 51.8 Å². The minimum atomic E-state index is -0.514. The summed E-state index contributed by atoms with van der Waals surface area (Å²) in [4.78, 5) is 14.1. The highest BCUT2D eigenvalue weighted by molar-refractivity contribution is 5.75. The molecule has 0 atom stereocenters. The van der Waals surface area contributed by atoms with Gasteiger partial charge in [0.1, 0.15) is 0 Å². The highest BCUT2D eigenvalue weighted by atomic mass is 16.7. The summed E-state index contributed by atoms with van der Waals surface area (Å²) in [5.41, 5.74) is 11.6. The van der Waals surface area contributed by atoms with Crippen LogP contribution in [0.25, 0.3) is 0 Å². The molecule has 6 heteroatoms. The van der Waals surface area contributed by atoms with Crippen molar-refractivity contribution in [2.75, 3.05) is 0 Å². The fraction of sp³-hybridized carbons (Fsp3) is 0.333. The fourth-order valence-corrected chi connectivity index (χ4v) is 0.140. The van der Waals surface area contributed by atoms with Crippen LogP contribution >= 0.6 is 0 Å². The van der Waals surface area contributed by atoms with Gasteiger partial charge in [0, 0.05) is 6.92 Å². The summed E-state index contributed by atoms with van der Waals surface area (Å²) in [7, 11) is 0. The Kier molecular flexibility index (Phi) is 2.96. The molecule has 0 aliphatic rings. The molecule has 0 aliphatic heterocycles. The standard InChI is InChI=1S/C3H8N4O2/c1-2(8)9-7-6-3(4)5/h7H,1H3,(H4,4,5,6). The van der Waals surface area contributed by atoms with Crippen LogP contribution < -0.4 is 17.1 Å². The molecule has 0 heterocycles. The second kappa shape index (κ2) is 3.53. The van der Waals surface area contributed by atoms with Crippen molar-refractivity contribution in [2.45, 2.75) is 6.92 Å². The zero-order chi connectivity index (χ0) is 7.28. The van der Waals surface area contributed by atoms with Gasteiger partial charge in [-0.1, -0.05) is 0 Å². The van der Waals surface area contributed by atoms with Crippen LogP contribution in [0.2, 0.25) is 0 Å². The van der Waals surface area contributed by atoms with Crippen LogP contribution in [-0.4, -0.2) is 11.9 Å². The van der Waals surface area contributed by atoms with Gasteiger partial charge in [0.15, 0.2) is 0 Å². The fourth-order valence-electron chi connectivity index (χ4n) is 0.140. The van der Waals surface area contributed by atoms with Crippen LogP contribution in [0.15, 0.2) is 5.10 Å². The van der Waals surface area contributed by atoms with Gasteiger partial charge in [0.05, 0.1) is 0 Å². The van der Waals surface area contributed by atoms with E-state index in [9.17, 15) is 4.79 Å². The van der Waals surface area contributed by atoms with E-state index in [1.165, 1.54) is 6.92 Å². The Balaban J connectivity index is 3.31. The van der Waals surface area contributed by atoms with E-state index in [0.717, 1.165) is 0 Å². The molecule has 0 rings (SSSR count). The zero-order valence-electron chi connectivity index (χ0n) is 4.92. The first-order valence-corrected chi connectivity index (χ1v) is 2.14. The van der Waals surface area contributed by atoms with E-state index in [2.05, 4.69) is 9.94 Å². The predicted molar refractivity (Wildman–Crippen MR) is 30.7 cm³/mol. The average molecular weight is 132 g/mol. The summed E-state index contributed by atoms with van der Waals surface area (Å²) in [6, 6.07) is 0. The summed E-state index contributed by atoms with van der Waals surface area (Å²) in [6.45, 7) is 1.22. The zero-order valence-corrected chi connectivity index (χ0v) is 4.92. The largest absolute Gasteiger partial charge is 0.369 e. The third-order valence-electron chi connectivity index (χ3n) is 0.364. The van der Waals surface area contributed by atoms with Crippen LogP contribution in [0.3, 0.4) is 0 Å². The Morgan fingerprint density at radius 3 is 2.56 bits per heavy atom. The van der Waals surface area contributed by atoms with E-state index in [4.69, 9.17) is 11.5 Å². The van der Waals surface area contributed by atoms with Crippen molar-refractivity contribution in [3.63, 3.8) is 0 Å². The Morgan fingerprint density at radius 1 is 1.67 bits per heavy atom. The van der Waals surface area contributed by atoms with Crippen molar-refractivity contribution in [3.05, 3.63) is 0 Å². The lowest BCUT2D eigenvalue weighted by Gasteiger charge is -1.95. The van der Waals surface area contributed by atoms with Gasteiger partial charge in [0.2, 0.25) is 5.96 Å². The maximum Gasteiger partial charge on any atom is 0.331 e. The van der Waals surface area contributed by atoms with E-state index in [-0.39, 0.29) is 5.96 Å². The Bertz CT molecular complexity index is 128. The molecule has 0 spiro atoms. The Morgan fingerprint density at radius 2 is 2.22 bits per heavy atom. The monoisotopic (exact) mass is 132 g/mol. The number of rotatable bonds is 2. The van der Waals surface area contributed by atoms with Crippen molar-refractivity contribution < 1.29 is 9.63 Å². The van der Waals surface area contributed by atoms with Gasteiger partial charge in [-0.2, -0.15) is 0 Å². The third kappa shape index (κ3) is 6.54. The van der Waals surface area contributed by atoms with E-state index in [1.54, 1.807) is 0 Å². The molecule has 9 heavy (non-hydrogen) atoms. The minimum Gasteiger partial charge on any atom is -0.369 e. The van der Waals surface area contributed by atoms with Crippen molar-refractivity contribution in [1.29, 1.82) is 0 Å². The van der Waals surface area contributed by atoms with Gasteiger partial charge in [-0.15, -0.1) is 10.7 Å². The molecule has 0 fully saturated rings. The lowest BCUT2D eigenvalue weighted by atomic mass is 10.8. The lowest BCUT2D eigenvalue weighted by Crippen LogP contribution is -2.27. The lowest BCUT2D eigenvalue weighted by molar-refractivity contribution is -0.148. The number of nitrogens with zero attached hydrogens (tertiary/aromatic N) is 1. The minimum absolute atomic E-state index is 0.198. The van der Waals surface area contributed by atoms with Crippen molar-refractivity contribution in [3.8, 4) is 0 Å².